The summed E-state index contributed by atoms with van der Waals surface area (Å²) in [6.45, 7) is -1.03. The molecule has 0 aliphatic carbocycles. The lowest BCUT2D eigenvalue weighted by atomic mass is 10.0. The van der Waals surface area contributed by atoms with Crippen molar-refractivity contribution in [2.24, 2.45) is 0 Å². The lowest BCUT2D eigenvalue weighted by Gasteiger charge is -2.27. The van der Waals surface area contributed by atoms with E-state index in [2.05, 4.69) is 0 Å². The molecule has 0 saturated heterocycles. The molecule has 2 aromatic carbocycles. The highest BCUT2D eigenvalue weighted by molar-refractivity contribution is 5.55. The molecule has 0 aromatic heterocycles. The van der Waals surface area contributed by atoms with Gasteiger partial charge in [0.05, 0.1) is 23.3 Å². The van der Waals surface area contributed by atoms with Gasteiger partial charge in [0.2, 0.25) is 0 Å². The van der Waals surface area contributed by atoms with Gasteiger partial charge in [0, 0.05) is 24.7 Å². The van der Waals surface area contributed by atoms with Crippen molar-refractivity contribution >= 4 is 5.69 Å². The maximum atomic E-state index is 13.8. The monoisotopic (exact) mass is 379 g/mol. The summed E-state index contributed by atoms with van der Waals surface area (Å²) < 4.78 is 66.6. The lowest BCUT2D eigenvalue weighted by molar-refractivity contribution is -0.119. The first-order valence-electron chi connectivity index (χ1n) is 7.76. The minimum atomic E-state index is -4.57. The van der Waals surface area contributed by atoms with Crippen LogP contribution in [0.15, 0.2) is 42.5 Å². The number of hydrogen-bond acceptors (Lipinski definition) is 3. The molecule has 0 N–H and O–H groups in total. The zero-order valence-corrected chi connectivity index (χ0v) is 14.2. The van der Waals surface area contributed by atoms with E-state index in [4.69, 9.17) is 10.5 Å². The Morgan fingerprint density at radius 2 is 1.67 bits per heavy atom. The zero-order valence-electron chi connectivity index (χ0n) is 14.2. The number of benzene rings is 2. The molecule has 0 spiro atoms. The molecule has 0 bridgehead atoms. The highest BCUT2D eigenvalue weighted by Crippen LogP contribution is 2.34. The number of alkyl halides is 5. The van der Waals surface area contributed by atoms with E-state index in [1.54, 1.807) is 12.1 Å². The molecule has 0 aliphatic rings. The highest BCUT2D eigenvalue weighted by atomic mass is 19.4. The predicted molar refractivity (Wildman–Crippen MR) is 89.0 cm³/mol. The van der Waals surface area contributed by atoms with Crippen molar-refractivity contribution < 1.29 is 22.0 Å². The molecule has 0 saturated carbocycles. The van der Waals surface area contributed by atoms with Gasteiger partial charge in [-0.2, -0.15) is 23.7 Å². The molecule has 0 aliphatic heterocycles. The van der Waals surface area contributed by atoms with Crippen LogP contribution in [0.3, 0.4) is 0 Å². The minimum Gasteiger partial charge on any atom is -0.358 e. The maximum absolute atomic E-state index is 13.8. The lowest BCUT2D eigenvalue weighted by Crippen LogP contribution is -2.34. The van der Waals surface area contributed by atoms with Gasteiger partial charge in [0.25, 0.3) is 5.92 Å². The van der Waals surface area contributed by atoms with Gasteiger partial charge in [-0.15, -0.1) is 0 Å². The summed E-state index contributed by atoms with van der Waals surface area (Å²) in [5, 5.41) is 17.9. The number of nitrogens with zero attached hydrogens (tertiary/aromatic N) is 3. The third-order valence-electron chi connectivity index (χ3n) is 3.76. The van der Waals surface area contributed by atoms with Gasteiger partial charge in [-0.1, -0.05) is 12.1 Å². The fourth-order valence-electron chi connectivity index (χ4n) is 2.60. The van der Waals surface area contributed by atoms with E-state index in [1.807, 2.05) is 6.07 Å². The summed E-state index contributed by atoms with van der Waals surface area (Å²) in [5.74, 6) is -3.38. The fourth-order valence-corrected chi connectivity index (χ4v) is 2.60. The van der Waals surface area contributed by atoms with Crippen LogP contribution in [-0.4, -0.2) is 12.7 Å². The highest BCUT2D eigenvalue weighted by Gasteiger charge is 2.33. The molecule has 140 valence electrons. The number of halogens is 5. The van der Waals surface area contributed by atoms with Crippen LogP contribution in [0.1, 0.15) is 29.2 Å². The van der Waals surface area contributed by atoms with Gasteiger partial charge >= 0.3 is 6.18 Å². The van der Waals surface area contributed by atoms with E-state index in [1.165, 1.54) is 24.3 Å². The summed E-state index contributed by atoms with van der Waals surface area (Å²) in [5.41, 5.74) is -0.331. The molecule has 2 rings (SSSR count). The molecule has 0 heterocycles. The standard InChI is InChI=1S/C19H14F5N3/c1-18(20,21)17-8-16(6-5-15(17)10-26)27(12-19(22,23)24)11-14-4-2-3-13(7-14)9-25/h2-8H,11-12H2,1H3. The number of anilines is 1. The predicted octanol–water partition coefficient (Wildman–Crippen LogP) is 5.11. The normalized spacial score (nSPS) is 11.6. The van der Waals surface area contributed by atoms with Crippen LogP contribution in [-0.2, 0) is 12.5 Å². The first-order valence-corrected chi connectivity index (χ1v) is 7.76. The van der Waals surface area contributed by atoms with Crippen molar-refractivity contribution in [3.63, 3.8) is 0 Å². The Bertz CT molecular complexity index is 901. The van der Waals surface area contributed by atoms with Crippen LogP contribution in [0.4, 0.5) is 27.6 Å². The van der Waals surface area contributed by atoms with Crippen molar-refractivity contribution in [3.05, 3.63) is 64.7 Å². The third-order valence-corrected chi connectivity index (χ3v) is 3.76. The fraction of sp³-hybridized carbons (Fsp3) is 0.263. The molecule has 0 atom stereocenters. The quantitative estimate of drug-likeness (QED) is 0.679. The molecular weight excluding hydrogens is 365 g/mol. The Balaban J connectivity index is 2.48. The second kappa shape index (κ2) is 7.63. The van der Waals surface area contributed by atoms with Gasteiger partial charge in [-0.3, -0.25) is 0 Å². The molecule has 0 fully saturated rings. The second-order valence-corrected chi connectivity index (χ2v) is 6.01. The molecule has 27 heavy (non-hydrogen) atoms. The first-order chi connectivity index (χ1) is 12.5. The largest absolute Gasteiger partial charge is 0.405 e. The van der Waals surface area contributed by atoms with Crippen LogP contribution in [0.2, 0.25) is 0 Å². The zero-order chi connectivity index (χ0) is 20.2. The van der Waals surface area contributed by atoms with Crippen LogP contribution in [0.5, 0.6) is 0 Å². The first kappa shape index (κ1) is 20.2. The van der Waals surface area contributed by atoms with E-state index >= 15 is 0 Å². The van der Waals surface area contributed by atoms with E-state index in [9.17, 15) is 22.0 Å². The van der Waals surface area contributed by atoms with Gasteiger partial charge < -0.3 is 4.90 Å². The van der Waals surface area contributed by atoms with Crippen LogP contribution in [0, 0.1) is 22.7 Å². The summed E-state index contributed by atoms with van der Waals surface area (Å²) in [6, 6.07) is 12.7. The molecule has 0 radical (unpaired) electrons. The summed E-state index contributed by atoms with van der Waals surface area (Å²) in [4.78, 5) is 0.882. The topological polar surface area (TPSA) is 50.8 Å². The Morgan fingerprint density at radius 3 is 2.22 bits per heavy atom. The van der Waals surface area contributed by atoms with E-state index in [-0.39, 0.29) is 23.4 Å². The van der Waals surface area contributed by atoms with Crippen molar-refractivity contribution in [2.75, 3.05) is 11.4 Å². The van der Waals surface area contributed by atoms with E-state index in [0.717, 1.165) is 17.0 Å². The van der Waals surface area contributed by atoms with Crippen LogP contribution >= 0.6 is 0 Å². The van der Waals surface area contributed by atoms with Crippen molar-refractivity contribution in [1.82, 2.24) is 0 Å². The molecule has 2 aromatic rings. The van der Waals surface area contributed by atoms with Crippen LogP contribution < -0.4 is 4.90 Å². The Morgan fingerprint density at radius 1 is 0.963 bits per heavy atom. The summed E-state index contributed by atoms with van der Waals surface area (Å²) in [6.07, 6.45) is -4.57. The van der Waals surface area contributed by atoms with Crippen molar-refractivity contribution in [3.8, 4) is 12.1 Å². The molecule has 0 unspecified atom stereocenters. The average molecular weight is 379 g/mol. The maximum Gasteiger partial charge on any atom is 0.405 e. The third kappa shape index (κ3) is 5.42. The number of rotatable bonds is 5. The molecular formula is C19H14F5N3. The number of hydrogen-bond donors (Lipinski definition) is 0. The second-order valence-electron chi connectivity index (χ2n) is 6.01. The minimum absolute atomic E-state index is 0.0924. The van der Waals surface area contributed by atoms with Crippen molar-refractivity contribution in [2.45, 2.75) is 25.6 Å². The number of nitriles is 2. The summed E-state index contributed by atoms with van der Waals surface area (Å²) in [7, 11) is 0. The average Bonchev–Trinajstić information content (AvgIpc) is 2.59. The van der Waals surface area contributed by atoms with Gasteiger partial charge in [-0.05, 0) is 35.9 Å². The van der Waals surface area contributed by atoms with Crippen LogP contribution in [0.25, 0.3) is 0 Å². The SMILES string of the molecule is CC(F)(F)c1cc(N(Cc2cccc(C#N)c2)CC(F)(F)F)ccc1C#N. The Hall–Kier alpha value is -3.13. The smallest absolute Gasteiger partial charge is 0.358 e. The van der Waals surface area contributed by atoms with Crippen molar-refractivity contribution in [1.29, 1.82) is 10.5 Å². The van der Waals surface area contributed by atoms with Gasteiger partial charge in [0.15, 0.2) is 0 Å². The van der Waals surface area contributed by atoms with Gasteiger partial charge in [0.1, 0.15) is 6.54 Å². The van der Waals surface area contributed by atoms with E-state index < -0.39 is 24.2 Å². The molecule has 8 heteroatoms. The van der Waals surface area contributed by atoms with Gasteiger partial charge in [-0.25, -0.2) is 8.78 Å². The molecule has 0 amide bonds. The molecule has 3 nitrogen and oxygen atoms in total. The Labute approximate surface area is 152 Å². The summed E-state index contributed by atoms with van der Waals surface area (Å²) >= 11 is 0. The Kier molecular flexibility index (Phi) is 5.70. The van der Waals surface area contributed by atoms with E-state index in [0.29, 0.717) is 12.5 Å².